The van der Waals surface area contributed by atoms with Crippen molar-refractivity contribution in [2.75, 3.05) is 11.9 Å². The van der Waals surface area contributed by atoms with Crippen LogP contribution in [0.3, 0.4) is 0 Å². The van der Waals surface area contributed by atoms with E-state index in [0.717, 1.165) is 25.1 Å². The Morgan fingerprint density at radius 1 is 1.47 bits per heavy atom. The van der Waals surface area contributed by atoms with Crippen LogP contribution < -0.4 is 5.32 Å². The van der Waals surface area contributed by atoms with Crippen LogP contribution in [0.5, 0.6) is 0 Å². The van der Waals surface area contributed by atoms with Crippen molar-refractivity contribution in [2.45, 2.75) is 38.1 Å². The summed E-state index contributed by atoms with van der Waals surface area (Å²) < 4.78 is 42.8. The van der Waals surface area contributed by atoms with Gasteiger partial charge in [0, 0.05) is 18.8 Å². The lowest BCUT2D eigenvalue weighted by atomic mass is 10.0. The quantitative estimate of drug-likeness (QED) is 0.902. The normalized spacial score (nSPS) is 24.3. The Balaban J connectivity index is 2.09. The van der Waals surface area contributed by atoms with Crippen LogP contribution in [0.2, 0.25) is 5.02 Å². The number of nitrogens with one attached hydrogen (secondary N) is 1. The molecule has 19 heavy (non-hydrogen) atoms. The van der Waals surface area contributed by atoms with Gasteiger partial charge in [0.2, 0.25) is 0 Å². The summed E-state index contributed by atoms with van der Waals surface area (Å²) in [5.41, 5.74) is -0.844. The van der Waals surface area contributed by atoms with Crippen LogP contribution in [0.4, 0.5) is 19.0 Å². The molecule has 2 heterocycles. The fourth-order valence-corrected chi connectivity index (χ4v) is 2.24. The Morgan fingerprint density at radius 2 is 2.21 bits per heavy atom. The number of rotatable bonds is 2. The summed E-state index contributed by atoms with van der Waals surface area (Å²) in [6, 6.07) is 1.00. The van der Waals surface area contributed by atoms with Crippen molar-refractivity contribution in [3.05, 3.63) is 22.8 Å². The van der Waals surface area contributed by atoms with Gasteiger partial charge >= 0.3 is 6.18 Å². The van der Waals surface area contributed by atoms with E-state index < -0.39 is 11.7 Å². The van der Waals surface area contributed by atoms with Crippen molar-refractivity contribution < 1.29 is 17.9 Å². The van der Waals surface area contributed by atoms with Crippen molar-refractivity contribution in [3.63, 3.8) is 0 Å². The number of alkyl halides is 3. The number of halogens is 4. The molecular formula is C12H14ClF3N2O. The summed E-state index contributed by atoms with van der Waals surface area (Å²) >= 11 is 5.83. The molecular weight excluding hydrogens is 281 g/mol. The van der Waals surface area contributed by atoms with Crippen LogP contribution >= 0.6 is 11.6 Å². The maximum atomic E-state index is 12.5. The Bertz CT molecular complexity index is 453. The molecule has 1 N–H and O–H groups in total. The number of anilines is 1. The number of hydrogen-bond acceptors (Lipinski definition) is 3. The van der Waals surface area contributed by atoms with Gasteiger partial charge in [0.1, 0.15) is 5.82 Å². The maximum absolute atomic E-state index is 12.5. The third-order valence-corrected chi connectivity index (χ3v) is 3.28. The highest BCUT2D eigenvalue weighted by Gasteiger charge is 2.31. The molecule has 1 aliphatic heterocycles. The number of hydrogen-bond donors (Lipinski definition) is 1. The molecule has 0 saturated carbocycles. The van der Waals surface area contributed by atoms with Crippen molar-refractivity contribution in [1.29, 1.82) is 0 Å². The molecule has 2 unspecified atom stereocenters. The zero-order valence-electron chi connectivity index (χ0n) is 10.3. The van der Waals surface area contributed by atoms with Crippen molar-refractivity contribution >= 4 is 17.4 Å². The van der Waals surface area contributed by atoms with Crippen LogP contribution in [-0.2, 0) is 10.9 Å². The third kappa shape index (κ3) is 3.73. The van der Waals surface area contributed by atoms with Crippen LogP contribution in [0, 0.1) is 0 Å². The van der Waals surface area contributed by atoms with Gasteiger partial charge in [-0.15, -0.1) is 0 Å². The van der Waals surface area contributed by atoms with Gasteiger partial charge in [0.25, 0.3) is 0 Å². The average Bonchev–Trinajstić information content (AvgIpc) is 2.30. The maximum Gasteiger partial charge on any atom is 0.417 e. The van der Waals surface area contributed by atoms with E-state index in [1.165, 1.54) is 0 Å². The van der Waals surface area contributed by atoms with Gasteiger partial charge in [-0.2, -0.15) is 13.2 Å². The zero-order valence-corrected chi connectivity index (χ0v) is 11.1. The van der Waals surface area contributed by atoms with Gasteiger partial charge in [-0.05, 0) is 25.8 Å². The van der Waals surface area contributed by atoms with E-state index in [1.54, 1.807) is 0 Å². The van der Waals surface area contributed by atoms with E-state index in [9.17, 15) is 13.2 Å². The van der Waals surface area contributed by atoms with E-state index in [0.29, 0.717) is 6.61 Å². The van der Waals surface area contributed by atoms with Gasteiger partial charge in [0.15, 0.2) is 0 Å². The molecule has 7 heteroatoms. The number of pyridine rings is 1. The Labute approximate surface area is 114 Å². The van der Waals surface area contributed by atoms with E-state index in [1.807, 2.05) is 6.92 Å². The van der Waals surface area contributed by atoms with E-state index in [4.69, 9.17) is 16.3 Å². The molecule has 3 nitrogen and oxygen atoms in total. The smallest absolute Gasteiger partial charge is 0.378 e. The molecule has 1 aromatic rings. The van der Waals surface area contributed by atoms with Crippen LogP contribution in [-0.4, -0.2) is 23.7 Å². The highest BCUT2D eigenvalue weighted by Crippen LogP contribution is 2.33. The van der Waals surface area contributed by atoms with Crippen molar-refractivity contribution in [2.24, 2.45) is 0 Å². The predicted molar refractivity (Wildman–Crippen MR) is 66.3 cm³/mol. The molecule has 1 fully saturated rings. The third-order valence-electron chi connectivity index (χ3n) is 2.99. The first kappa shape index (κ1) is 14.4. The minimum atomic E-state index is -4.43. The first-order valence-corrected chi connectivity index (χ1v) is 6.35. The fraction of sp³-hybridized carbons (Fsp3) is 0.583. The van der Waals surface area contributed by atoms with Gasteiger partial charge in [0.05, 0.1) is 16.7 Å². The molecule has 0 aliphatic carbocycles. The number of aromatic nitrogens is 1. The van der Waals surface area contributed by atoms with Crippen LogP contribution in [0.1, 0.15) is 25.3 Å². The molecule has 0 bridgehead atoms. The SMILES string of the molecule is CC1CC(Nc2ncc(C(F)(F)F)cc2Cl)CCO1. The summed E-state index contributed by atoms with van der Waals surface area (Å²) in [5.74, 6) is 0.286. The van der Waals surface area contributed by atoms with E-state index >= 15 is 0 Å². The standard InChI is InChI=1S/C12H14ClF3N2O/c1-7-4-9(2-3-19-7)18-11-10(13)5-8(6-17-11)12(14,15)16/h5-7,9H,2-4H2,1H3,(H,17,18). The minimum Gasteiger partial charge on any atom is -0.378 e. The monoisotopic (exact) mass is 294 g/mol. The highest BCUT2D eigenvalue weighted by molar-refractivity contribution is 6.33. The largest absolute Gasteiger partial charge is 0.417 e. The Hall–Kier alpha value is -1.01. The second-order valence-corrected chi connectivity index (χ2v) is 5.01. The Kier molecular flexibility index (Phi) is 4.20. The molecule has 1 saturated heterocycles. The number of ether oxygens (including phenoxy) is 1. The number of nitrogens with zero attached hydrogens (tertiary/aromatic N) is 1. The average molecular weight is 295 g/mol. The van der Waals surface area contributed by atoms with Crippen LogP contribution in [0.15, 0.2) is 12.3 Å². The summed E-state index contributed by atoms with van der Waals surface area (Å²) in [6.45, 7) is 2.58. The molecule has 2 rings (SSSR count). The zero-order chi connectivity index (χ0) is 14.0. The lowest BCUT2D eigenvalue weighted by Gasteiger charge is -2.28. The highest BCUT2D eigenvalue weighted by atomic mass is 35.5. The lowest BCUT2D eigenvalue weighted by molar-refractivity contribution is -0.137. The van der Waals surface area contributed by atoms with Gasteiger partial charge in [-0.25, -0.2) is 4.98 Å². The lowest BCUT2D eigenvalue weighted by Crippen LogP contribution is -2.32. The van der Waals surface area contributed by atoms with Gasteiger partial charge < -0.3 is 10.1 Å². The molecule has 0 aromatic carbocycles. The Morgan fingerprint density at radius 3 is 2.79 bits per heavy atom. The predicted octanol–water partition coefficient (Wildman–Crippen LogP) is 3.73. The van der Waals surface area contributed by atoms with E-state index in [-0.39, 0.29) is 23.0 Å². The molecule has 2 atom stereocenters. The summed E-state index contributed by atoms with van der Waals surface area (Å²) in [6.07, 6.45) is -1.96. The summed E-state index contributed by atoms with van der Waals surface area (Å²) in [4.78, 5) is 3.76. The van der Waals surface area contributed by atoms with Crippen LogP contribution in [0.25, 0.3) is 0 Å². The van der Waals surface area contributed by atoms with Gasteiger partial charge in [-0.1, -0.05) is 11.6 Å². The molecule has 0 spiro atoms. The first-order chi connectivity index (χ1) is 8.86. The molecule has 1 aromatic heterocycles. The summed E-state index contributed by atoms with van der Waals surface area (Å²) in [7, 11) is 0. The first-order valence-electron chi connectivity index (χ1n) is 5.97. The molecule has 0 amide bonds. The van der Waals surface area contributed by atoms with Crippen molar-refractivity contribution in [3.8, 4) is 0 Å². The molecule has 106 valence electrons. The fourth-order valence-electron chi connectivity index (χ4n) is 2.02. The molecule has 1 aliphatic rings. The van der Waals surface area contributed by atoms with E-state index in [2.05, 4.69) is 10.3 Å². The topological polar surface area (TPSA) is 34.2 Å². The second-order valence-electron chi connectivity index (χ2n) is 4.60. The van der Waals surface area contributed by atoms with Crippen molar-refractivity contribution in [1.82, 2.24) is 4.98 Å². The second kappa shape index (κ2) is 5.54. The van der Waals surface area contributed by atoms with Gasteiger partial charge in [-0.3, -0.25) is 0 Å². The summed E-state index contributed by atoms with van der Waals surface area (Å²) in [5, 5.41) is 3.05. The minimum absolute atomic E-state index is 0.0195. The molecule has 0 radical (unpaired) electrons.